The number of benzene rings is 1. The van der Waals surface area contributed by atoms with E-state index in [2.05, 4.69) is 60.8 Å². The molecule has 21 heavy (non-hydrogen) atoms. The van der Waals surface area contributed by atoms with Crippen molar-refractivity contribution in [3.05, 3.63) is 35.4 Å². The lowest BCUT2D eigenvalue weighted by Crippen LogP contribution is -2.53. The second-order valence-electron chi connectivity index (χ2n) is 6.23. The topological polar surface area (TPSA) is 27.3 Å². The van der Waals surface area contributed by atoms with Gasteiger partial charge in [-0.1, -0.05) is 42.7 Å². The van der Waals surface area contributed by atoms with Gasteiger partial charge in [-0.15, -0.1) is 0 Å². The maximum Gasteiger partial charge on any atom is 0.166 e. The van der Waals surface area contributed by atoms with Crippen molar-refractivity contribution in [1.82, 2.24) is 15.5 Å². The molecule has 1 aromatic rings. The molecule has 1 aliphatic carbocycles. The van der Waals surface area contributed by atoms with Crippen molar-refractivity contribution in [3.8, 4) is 0 Å². The summed E-state index contributed by atoms with van der Waals surface area (Å²) in [4.78, 5) is 2.32. The minimum atomic E-state index is 0.465. The van der Waals surface area contributed by atoms with Gasteiger partial charge in [0.2, 0.25) is 0 Å². The van der Waals surface area contributed by atoms with Crippen LogP contribution in [0.1, 0.15) is 36.8 Å². The highest BCUT2D eigenvalue weighted by Gasteiger charge is 2.26. The van der Waals surface area contributed by atoms with Crippen LogP contribution < -0.4 is 10.6 Å². The number of likely N-dealkylation sites (N-methyl/N-ethyl adjacent to an activating group) is 1. The fourth-order valence-electron chi connectivity index (χ4n) is 3.01. The largest absolute Gasteiger partial charge is 0.359 e. The Labute approximate surface area is 134 Å². The molecule has 2 N–H and O–H groups in total. The molecule has 1 aromatic carbocycles. The van der Waals surface area contributed by atoms with E-state index in [1.807, 2.05) is 0 Å². The van der Waals surface area contributed by atoms with Crippen LogP contribution in [0, 0.1) is 6.92 Å². The SMILES string of the molecule is Cc1ccc(CNC(=S)NC2CCCCC2N(C)C)cc1. The van der Waals surface area contributed by atoms with Gasteiger partial charge < -0.3 is 15.5 Å². The molecule has 1 aliphatic rings. The molecule has 0 amide bonds. The van der Waals surface area contributed by atoms with Crippen molar-refractivity contribution >= 4 is 17.3 Å². The molecule has 1 fully saturated rings. The van der Waals surface area contributed by atoms with E-state index in [-0.39, 0.29) is 0 Å². The quantitative estimate of drug-likeness (QED) is 0.837. The zero-order valence-corrected chi connectivity index (χ0v) is 14.2. The molecule has 3 nitrogen and oxygen atoms in total. The summed E-state index contributed by atoms with van der Waals surface area (Å²) in [6.45, 7) is 2.89. The van der Waals surface area contributed by atoms with Crippen LogP contribution in [0.2, 0.25) is 0 Å². The maximum absolute atomic E-state index is 5.46. The Hall–Kier alpha value is -1.13. The zero-order valence-electron chi connectivity index (χ0n) is 13.4. The molecule has 0 saturated heterocycles. The Bertz CT molecular complexity index is 456. The number of nitrogens with one attached hydrogen (secondary N) is 2. The lowest BCUT2D eigenvalue weighted by molar-refractivity contribution is 0.190. The molecule has 0 spiro atoms. The molecule has 0 bridgehead atoms. The Morgan fingerprint density at radius 1 is 1.19 bits per heavy atom. The normalized spacial score (nSPS) is 22.1. The third-order valence-electron chi connectivity index (χ3n) is 4.28. The zero-order chi connectivity index (χ0) is 15.2. The molecular formula is C17H27N3S. The van der Waals surface area contributed by atoms with E-state index in [1.165, 1.54) is 36.8 Å². The smallest absolute Gasteiger partial charge is 0.166 e. The minimum Gasteiger partial charge on any atom is -0.359 e. The molecule has 2 atom stereocenters. The fraction of sp³-hybridized carbons (Fsp3) is 0.588. The first kappa shape index (κ1) is 16.2. The lowest BCUT2D eigenvalue weighted by Gasteiger charge is -2.37. The molecule has 0 aliphatic heterocycles. The Balaban J connectivity index is 1.81. The highest BCUT2D eigenvalue weighted by atomic mass is 32.1. The number of hydrogen-bond acceptors (Lipinski definition) is 2. The predicted octanol–water partition coefficient (Wildman–Crippen LogP) is 2.83. The summed E-state index contributed by atoms with van der Waals surface area (Å²) in [6, 6.07) is 9.61. The summed E-state index contributed by atoms with van der Waals surface area (Å²) in [5.41, 5.74) is 2.55. The second-order valence-corrected chi connectivity index (χ2v) is 6.64. The number of thiocarbonyl (C=S) groups is 1. The van der Waals surface area contributed by atoms with Crippen LogP contribution in [-0.2, 0) is 6.54 Å². The van der Waals surface area contributed by atoms with Gasteiger partial charge in [0.05, 0.1) is 0 Å². The average molecular weight is 305 g/mol. The predicted molar refractivity (Wildman–Crippen MR) is 93.5 cm³/mol. The van der Waals surface area contributed by atoms with Gasteiger partial charge in [-0.05, 0) is 51.6 Å². The van der Waals surface area contributed by atoms with E-state index in [0.29, 0.717) is 12.1 Å². The Kier molecular flexibility index (Phi) is 6.00. The van der Waals surface area contributed by atoms with Crippen molar-refractivity contribution < 1.29 is 0 Å². The number of hydrogen-bond donors (Lipinski definition) is 2. The second kappa shape index (κ2) is 7.76. The number of nitrogens with zero attached hydrogens (tertiary/aromatic N) is 1. The molecule has 116 valence electrons. The van der Waals surface area contributed by atoms with Gasteiger partial charge >= 0.3 is 0 Å². The van der Waals surface area contributed by atoms with Gasteiger partial charge in [-0.3, -0.25) is 0 Å². The van der Waals surface area contributed by atoms with Crippen LogP contribution in [0.25, 0.3) is 0 Å². The summed E-state index contributed by atoms with van der Waals surface area (Å²) in [6.07, 6.45) is 5.08. The first-order chi connectivity index (χ1) is 10.1. The van der Waals surface area contributed by atoms with Crippen LogP contribution in [0.15, 0.2) is 24.3 Å². The van der Waals surface area contributed by atoms with E-state index in [0.717, 1.165) is 11.7 Å². The minimum absolute atomic E-state index is 0.465. The Morgan fingerprint density at radius 3 is 2.52 bits per heavy atom. The first-order valence-corrected chi connectivity index (χ1v) is 8.23. The van der Waals surface area contributed by atoms with Crippen LogP contribution >= 0.6 is 12.2 Å². The van der Waals surface area contributed by atoms with Gasteiger partial charge in [0.15, 0.2) is 5.11 Å². The first-order valence-electron chi connectivity index (χ1n) is 7.82. The van der Waals surface area contributed by atoms with Crippen molar-refractivity contribution in [2.24, 2.45) is 0 Å². The summed E-state index contributed by atoms with van der Waals surface area (Å²) in [7, 11) is 4.32. The van der Waals surface area contributed by atoms with Gasteiger partial charge in [0, 0.05) is 18.6 Å². The van der Waals surface area contributed by atoms with Crippen LogP contribution in [-0.4, -0.2) is 36.2 Å². The summed E-state index contributed by atoms with van der Waals surface area (Å²) < 4.78 is 0. The van der Waals surface area contributed by atoms with Gasteiger partial charge in [-0.25, -0.2) is 0 Å². The molecule has 1 saturated carbocycles. The van der Waals surface area contributed by atoms with E-state index in [4.69, 9.17) is 12.2 Å². The molecule has 2 unspecified atom stereocenters. The maximum atomic E-state index is 5.46. The van der Waals surface area contributed by atoms with E-state index in [1.54, 1.807) is 0 Å². The van der Waals surface area contributed by atoms with Crippen LogP contribution in [0.4, 0.5) is 0 Å². The monoisotopic (exact) mass is 305 g/mol. The van der Waals surface area contributed by atoms with Crippen molar-refractivity contribution in [2.45, 2.75) is 51.2 Å². The standard InChI is InChI=1S/C17H27N3S/c1-13-8-10-14(11-9-13)12-18-17(21)19-15-6-4-5-7-16(15)20(2)3/h8-11,15-16H,4-7,12H2,1-3H3,(H2,18,19,21). The highest BCUT2D eigenvalue weighted by Crippen LogP contribution is 2.21. The lowest BCUT2D eigenvalue weighted by atomic mass is 9.90. The third kappa shape index (κ3) is 4.97. The van der Waals surface area contributed by atoms with Crippen molar-refractivity contribution in [3.63, 3.8) is 0 Å². The van der Waals surface area contributed by atoms with Gasteiger partial charge in [-0.2, -0.15) is 0 Å². The average Bonchev–Trinajstić information content (AvgIpc) is 2.47. The van der Waals surface area contributed by atoms with Crippen molar-refractivity contribution in [2.75, 3.05) is 14.1 Å². The molecule has 0 heterocycles. The summed E-state index contributed by atoms with van der Waals surface area (Å²) in [5, 5.41) is 7.61. The van der Waals surface area contributed by atoms with E-state index in [9.17, 15) is 0 Å². The van der Waals surface area contributed by atoms with Gasteiger partial charge in [0.25, 0.3) is 0 Å². The molecule has 4 heteroatoms. The molecular weight excluding hydrogens is 278 g/mol. The molecule has 2 rings (SSSR count). The number of aryl methyl sites for hydroxylation is 1. The molecule has 0 radical (unpaired) electrons. The summed E-state index contributed by atoms with van der Waals surface area (Å²) >= 11 is 5.46. The Morgan fingerprint density at radius 2 is 1.86 bits per heavy atom. The van der Waals surface area contributed by atoms with Crippen LogP contribution in [0.5, 0.6) is 0 Å². The summed E-state index contributed by atoms with van der Waals surface area (Å²) in [5.74, 6) is 0. The third-order valence-corrected chi connectivity index (χ3v) is 4.55. The fourth-order valence-corrected chi connectivity index (χ4v) is 3.23. The van der Waals surface area contributed by atoms with E-state index >= 15 is 0 Å². The molecule has 0 aromatic heterocycles. The van der Waals surface area contributed by atoms with Crippen LogP contribution in [0.3, 0.4) is 0 Å². The van der Waals surface area contributed by atoms with Gasteiger partial charge in [0.1, 0.15) is 0 Å². The van der Waals surface area contributed by atoms with E-state index < -0.39 is 0 Å². The highest BCUT2D eigenvalue weighted by molar-refractivity contribution is 7.80. The number of rotatable bonds is 4. The van der Waals surface area contributed by atoms with Crippen molar-refractivity contribution in [1.29, 1.82) is 0 Å².